The van der Waals surface area contributed by atoms with Gasteiger partial charge in [0.05, 0.1) is 0 Å². The molecule has 0 radical (unpaired) electrons. The molecule has 0 aliphatic heterocycles. The van der Waals surface area contributed by atoms with Crippen molar-refractivity contribution in [1.82, 2.24) is 0 Å². The highest BCUT2D eigenvalue weighted by Gasteiger charge is 2.40. The van der Waals surface area contributed by atoms with Gasteiger partial charge in [0, 0.05) is 11.8 Å². The van der Waals surface area contributed by atoms with E-state index in [1.54, 1.807) is 0 Å². The van der Waals surface area contributed by atoms with Gasteiger partial charge in [0.1, 0.15) is 17.8 Å². The lowest BCUT2D eigenvalue weighted by molar-refractivity contribution is 0.119. The molecule has 0 aromatic heterocycles. The lowest BCUT2D eigenvalue weighted by Crippen LogP contribution is -2.30. The van der Waals surface area contributed by atoms with E-state index in [0.717, 1.165) is 70.6 Å². The Kier molecular flexibility index (Phi) is 7.90. The normalized spacial score (nSPS) is 41.8. The van der Waals surface area contributed by atoms with Crippen LogP contribution in [0.3, 0.4) is 0 Å². The molecule has 0 amide bonds. The van der Waals surface area contributed by atoms with E-state index in [0.29, 0.717) is 23.7 Å². The van der Waals surface area contributed by atoms with Gasteiger partial charge in [-0.25, -0.2) is 13.2 Å². The second-order valence-electron chi connectivity index (χ2n) is 11.4. The third kappa shape index (κ3) is 5.29. The van der Waals surface area contributed by atoms with Crippen LogP contribution in [0.4, 0.5) is 13.2 Å². The van der Waals surface area contributed by atoms with Crippen molar-refractivity contribution in [1.29, 1.82) is 0 Å². The molecule has 0 N–H and O–H groups in total. The van der Waals surface area contributed by atoms with Gasteiger partial charge in [-0.05, 0) is 87.4 Å². The van der Waals surface area contributed by atoms with Crippen LogP contribution in [0.2, 0.25) is 0 Å². The number of alkyl halides is 1. The summed E-state index contributed by atoms with van der Waals surface area (Å²) in [6.07, 6.45) is 16.7. The fraction of sp³-hybridized carbons (Fsp3) is 0.926. The maximum atomic E-state index is 15.1. The fourth-order valence-electron chi connectivity index (χ4n) is 7.35. The number of hydrogen-bond donors (Lipinski definition) is 0. The lowest BCUT2D eigenvalue weighted by atomic mass is 9.67. The monoisotopic (exact) mass is 424 g/mol. The molecule has 0 heterocycles. The SMILES string of the molecule is C[C@H]1CCC(CCC2CCC([C@H]3CC[C@@H](C4CCCCC4)C(F)=C3F)CC2)CC1F. The minimum Gasteiger partial charge on any atom is -0.247 e. The number of allylic oxidation sites excluding steroid dienone is 2. The molecule has 0 aromatic rings. The number of rotatable bonds is 5. The predicted octanol–water partition coefficient (Wildman–Crippen LogP) is 9.10. The average molecular weight is 425 g/mol. The van der Waals surface area contributed by atoms with Crippen LogP contribution in [0.25, 0.3) is 0 Å². The Labute approximate surface area is 182 Å². The van der Waals surface area contributed by atoms with Crippen molar-refractivity contribution in [3.8, 4) is 0 Å². The largest absolute Gasteiger partial charge is 0.247 e. The highest BCUT2D eigenvalue weighted by molar-refractivity contribution is 5.14. The van der Waals surface area contributed by atoms with Crippen molar-refractivity contribution < 1.29 is 13.2 Å². The van der Waals surface area contributed by atoms with Crippen LogP contribution in [-0.2, 0) is 0 Å². The third-order valence-corrected chi connectivity index (χ3v) is 9.54. The first-order chi connectivity index (χ1) is 14.5. The van der Waals surface area contributed by atoms with Gasteiger partial charge in [-0.15, -0.1) is 0 Å². The van der Waals surface area contributed by atoms with E-state index in [4.69, 9.17) is 0 Å². The van der Waals surface area contributed by atoms with Crippen LogP contribution >= 0.6 is 0 Å². The Morgan fingerprint density at radius 3 is 1.77 bits per heavy atom. The van der Waals surface area contributed by atoms with E-state index in [-0.39, 0.29) is 29.4 Å². The predicted molar refractivity (Wildman–Crippen MR) is 118 cm³/mol. The van der Waals surface area contributed by atoms with Gasteiger partial charge >= 0.3 is 0 Å². The van der Waals surface area contributed by atoms with Crippen molar-refractivity contribution in [2.24, 2.45) is 41.4 Å². The first-order valence-corrected chi connectivity index (χ1v) is 13.2. The molecule has 0 aromatic carbocycles. The average Bonchev–Trinajstić information content (AvgIpc) is 2.77. The Morgan fingerprint density at radius 1 is 0.633 bits per heavy atom. The van der Waals surface area contributed by atoms with E-state index in [9.17, 15) is 8.78 Å². The van der Waals surface area contributed by atoms with Crippen molar-refractivity contribution in [3.05, 3.63) is 11.7 Å². The zero-order valence-corrected chi connectivity index (χ0v) is 19.1. The van der Waals surface area contributed by atoms with Crippen LogP contribution in [0.15, 0.2) is 11.7 Å². The van der Waals surface area contributed by atoms with Crippen LogP contribution in [0.1, 0.15) is 110 Å². The summed E-state index contributed by atoms with van der Waals surface area (Å²) in [5.41, 5.74) is 0. The van der Waals surface area contributed by atoms with Crippen molar-refractivity contribution in [3.63, 3.8) is 0 Å². The van der Waals surface area contributed by atoms with Crippen LogP contribution in [-0.4, -0.2) is 6.17 Å². The van der Waals surface area contributed by atoms with E-state index >= 15 is 4.39 Å². The minimum atomic E-state index is -0.604. The molecule has 3 heteroatoms. The quantitative estimate of drug-likeness (QED) is 0.413. The summed E-state index contributed by atoms with van der Waals surface area (Å²) >= 11 is 0. The highest BCUT2D eigenvalue weighted by atomic mass is 19.2. The molecule has 4 aliphatic rings. The highest BCUT2D eigenvalue weighted by Crippen LogP contribution is 2.49. The summed E-state index contributed by atoms with van der Waals surface area (Å²) in [5.74, 6) is 1.23. The summed E-state index contributed by atoms with van der Waals surface area (Å²) in [5, 5.41) is 0. The topological polar surface area (TPSA) is 0 Å². The van der Waals surface area contributed by atoms with Gasteiger partial charge in [0.25, 0.3) is 0 Å². The van der Waals surface area contributed by atoms with Crippen molar-refractivity contribution in [2.75, 3.05) is 0 Å². The molecule has 30 heavy (non-hydrogen) atoms. The molecule has 172 valence electrons. The number of halogens is 3. The Hall–Kier alpha value is -0.470. The molecule has 2 unspecified atom stereocenters. The first-order valence-electron chi connectivity index (χ1n) is 13.2. The van der Waals surface area contributed by atoms with Gasteiger partial charge in [-0.3, -0.25) is 0 Å². The molecular formula is C27H43F3. The summed E-state index contributed by atoms with van der Waals surface area (Å²) < 4.78 is 44.0. The maximum absolute atomic E-state index is 15.1. The Balaban J connectivity index is 1.23. The summed E-state index contributed by atoms with van der Waals surface area (Å²) in [4.78, 5) is 0. The van der Waals surface area contributed by atoms with E-state index in [1.807, 2.05) is 6.92 Å². The van der Waals surface area contributed by atoms with Crippen molar-refractivity contribution in [2.45, 2.75) is 116 Å². The van der Waals surface area contributed by atoms with E-state index < -0.39 is 6.17 Å². The van der Waals surface area contributed by atoms with Gasteiger partial charge in [-0.1, -0.05) is 51.9 Å². The molecule has 0 saturated heterocycles. The summed E-state index contributed by atoms with van der Waals surface area (Å²) in [6, 6.07) is 0. The third-order valence-electron chi connectivity index (χ3n) is 9.54. The zero-order valence-electron chi connectivity index (χ0n) is 19.1. The fourth-order valence-corrected chi connectivity index (χ4v) is 7.35. The van der Waals surface area contributed by atoms with E-state index in [2.05, 4.69) is 0 Å². The lowest BCUT2D eigenvalue weighted by Gasteiger charge is -2.39. The smallest absolute Gasteiger partial charge is 0.135 e. The molecule has 3 fully saturated rings. The standard InChI is InChI=1S/C27H43F3/c1-18-7-8-20(17-25(18)28)10-9-19-11-13-22(14-12-19)24-16-15-23(26(29)27(24)30)21-5-3-2-4-6-21/h18-25H,2-17H2,1H3/t18-,19?,20?,22?,23-,24+,25?/m0/s1. The molecule has 5 atom stereocenters. The van der Waals surface area contributed by atoms with Crippen LogP contribution < -0.4 is 0 Å². The summed E-state index contributed by atoms with van der Waals surface area (Å²) in [6.45, 7) is 2.04. The van der Waals surface area contributed by atoms with Gasteiger partial charge in [-0.2, -0.15) is 0 Å². The molecule has 4 aliphatic carbocycles. The zero-order chi connectivity index (χ0) is 21.1. The molecule has 4 rings (SSSR count). The van der Waals surface area contributed by atoms with Gasteiger partial charge < -0.3 is 0 Å². The molecule has 0 nitrogen and oxygen atoms in total. The molecule has 0 spiro atoms. The minimum absolute atomic E-state index is 0.129. The Morgan fingerprint density at radius 2 is 1.17 bits per heavy atom. The van der Waals surface area contributed by atoms with Gasteiger partial charge in [0.15, 0.2) is 0 Å². The maximum Gasteiger partial charge on any atom is 0.135 e. The Bertz CT molecular complexity index is 571. The van der Waals surface area contributed by atoms with Crippen molar-refractivity contribution >= 4 is 0 Å². The second kappa shape index (κ2) is 10.4. The second-order valence-corrected chi connectivity index (χ2v) is 11.4. The number of hydrogen-bond acceptors (Lipinski definition) is 0. The van der Waals surface area contributed by atoms with Crippen LogP contribution in [0.5, 0.6) is 0 Å². The molecule has 0 bridgehead atoms. The van der Waals surface area contributed by atoms with Gasteiger partial charge in [0.2, 0.25) is 0 Å². The first kappa shape index (κ1) is 22.7. The van der Waals surface area contributed by atoms with Crippen LogP contribution in [0, 0.1) is 41.4 Å². The summed E-state index contributed by atoms with van der Waals surface area (Å²) in [7, 11) is 0. The molecule has 3 saturated carbocycles. The van der Waals surface area contributed by atoms with E-state index in [1.165, 1.54) is 32.1 Å². The molecular weight excluding hydrogens is 381 g/mol.